The Morgan fingerprint density at radius 1 is 1.00 bits per heavy atom. The van der Waals surface area contributed by atoms with E-state index in [9.17, 15) is 4.39 Å². The maximum Gasteiger partial charge on any atom is 0.146 e. The lowest BCUT2D eigenvalue weighted by atomic mass is 10.2. The molecular formula is C15H17FN4. The molecule has 0 spiro atoms. The predicted molar refractivity (Wildman–Crippen MR) is 79.5 cm³/mol. The minimum atomic E-state index is -0.161. The molecule has 3 rings (SSSR count). The fourth-order valence-electron chi connectivity index (χ4n) is 2.53. The minimum absolute atomic E-state index is 0.161. The van der Waals surface area contributed by atoms with Gasteiger partial charge in [-0.1, -0.05) is 12.1 Å². The average molecular weight is 272 g/mol. The molecule has 0 radical (unpaired) electrons. The van der Waals surface area contributed by atoms with Crippen molar-refractivity contribution in [3.63, 3.8) is 0 Å². The topological polar surface area (TPSA) is 45.4 Å². The van der Waals surface area contributed by atoms with Gasteiger partial charge in [-0.05, 0) is 18.2 Å². The molecule has 0 aliphatic carbocycles. The van der Waals surface area contributed by atoms with Crippen molar-refractivity contribution in [1.29, 1.82) is 0 Å². The van der Waals surface area contributed by atoms with Crippen LogP contribution in [0.4, 0.5) is 21.5 Å². The zero-order valence-corrected chi connectivity index (χ0v) is 11.2. The number of piperazine rings is 1. The van der Waals surface area contributed by atoms with Crippen LogP contribution in [0.5, 0.6) is 0 Å². The van der Waals surface area contributed by atoms with E-state index in [-0.39, 0.29) is 5.82 Å². The maximum atomic E-state index is 13.8. The summed E-state index contributed by atoms with van der Waals surface area (Å²) in [6.07, 6.45) is 3.45. The third-order valence-electron chi connectivity index (χ3n) is 3.58. The third kappa shape index (κ3) is 2.52. The summed E-state index contributed by atoms with van der Waals surface area (Å²) in [5.74, 6) is -0.161. The monoisotopic (exact) mass is 272 g/mol. The van der Waals surface area contributed by atoms with Crippen LogP contribution in [0.3, 0.4) is 0 Å². The fourth-order valence-corrected chi connectivity index (χ4v) is 2.53. The number of rotatable bonds is 2. The molecule has 1 aromatic heterocycles. The van der Waals surface area contributed by atoms with Crippen molar-refractivity contribution in [2.24, 2.45) is 0 Å². The van der Waals surface area contributed by atoms with E-state index in [1.807, 2.05) is 24.4 Å². The van der Waals surface area contributed by atoms with Crippen molar-refractivity contribution in [2.75, 3.05) is 41.7 Å². The van der Waals surface area contributed by atoms with Crippen LogP contribution in [0.2, 0.25) is 0 Å². The predicted octanol–water partition coefficient (Wildman–Crippen LogP) is 2.13. The quantitative estimate of drug-likeness (QED) is 0.909. The lowest BCUT2D eigenvalue weighted by Crippen LogP contribution is -2.46. The molecule has 104 valence electrons. The van der Waals surface area contributed by atoms with Crippen molar-refractivity contribution in [1.82, 2.24) is 4.98 Å². The number of hydrogen-bond donors (Lipinski definition) is 1. The second-order valence-corrected chi connectivity index (χ2v) is 4.90. The minimum Gasteiger partial charge on any atom is -0.397 e. The van der Waals surface area contributed by atoms with E-state index >= 15 is 0 Å². The lowest BCUT2D eigenvalue weighted by molar-refractivity contribution is 0.598. The van der Waals surface area contributed by atoms with E-state index in [4.69, 9.17) is 5.73 Å². The summed E-state index contributed by atoms with van der Waals surface area (Å²) in [7, 11) is 0. The molecule has 2 heterocycles. The van der Waals surface area contributed by atoms with Crippen LogP contribution in [0.15, 0.2) is 42.7 Å². The Kier molecular flexibility index (Phi) is 3.41. The summed E-state index contributed by atoms with van der Waals surface area (Å²) >= 11 is 0. The van der Waals surface area contributed by atoms with Gasteiger partial charge in [0.15, 0.2) is 0 Å². The van der Waals surface area contributed by atoms with Crippen molar-refractivity contribution in [3.8, 4) is 0 Å². The second-order valence-electron chi connectivity index (χ2n) is 4.90. The van der Waals surface area contributed by atoms with E-state index in [1.54, 1.807) is 12.3 Å². The maximum absolute atomic E-state index is 13.8. The number of nitrogens with zero attached hydrogens (tertiary/aromatic N) is 3. The molecule has 4 nitrogen and oxygen atoms in total. The summed E-state index contributed by atoms with van der Waals surface area (Å²) < 4.78 is 13.8. The van der Waals surface area contributed by atoms with Crippen molar-refractivity contribution >= 4 is 17.1 Å². The van der Waals surface area contributed by atoms with Gasteiger partial charge in [-0.3, -0.25) is 4.98 Å². The molecule has 0 amide bonds. The molecule has 0 saturated carbocycles. The molecular weight excluding hydrogens is 255 g/mol. The number of hydrogen-bond acceptors (Lipinski definition) is 4. The van der Waals surface area contributed by atoms with E-state index in [2.05, 4.69) is 14.8 Å². The smallest absolute Gasteiger partial charge is 0.146 e. The standard InChI is InChI=1S/C15H17FN4/c16-14-3-1-2-4-15(14)20-7-5-19(6-8-20)13-9-12(17)10-18-11-13/h1-4,9-11H,5-8,17H2. The molecule has 1 aliphatic heterocycles. The van der Waals surface area contributed by atoms with Crippen LogP contribution in [0, 0.1) is 5.82 Å². The third-order valence-corrected chi connectivity index (χ3v) is 3.58. The number of halogens is 1. The highest BCUT2D eigenvalue weighted by Gasteiger charge is 2.19. The molecule has 2 N–H and O–H groups in total. The highest BCUT2D eigenvalue weighted by atomic mass is 19.1. The van der Waals surface area contributed by atoms with Crippen LogP contribution >= 0.6 is 0 Å². The SMILES string of the molecule is Nc1cncc(N2CCN(c3ccccc3F)CC2)c1. The second kappa shape index (κ2) is 5.36. The van der Waals surface area contributed by atoms with Gasteiger partial charge in [0.25, 0.3) is 0 Å². The molecule has 1 aromatic carbocycles. The van der Waals surface area contributed by atoms with Crippen LogP contribution in [0.1, 0.15) is 0 Å². The number of pyridine rings is 1. The van der Waals surface area contributed by atoms with Gasteiger partial charge in [0.05, 0.1) is 23.3 Å². The first-order valence-electron chi connectivity index (χ1n) is 6.69. The largest absolute Gasteiger partial charge is 0.397 e. The Hall–Kier alpha value is -2.30. The van der Waals surface area contributed by atoms with Gasteiger partial charge in [-0.15, -0.1) is 0 Å². The summed E-state index contributed by atoms with van der Waals surface area (Å²) in [5.41, 5.74) is 8.12. The molecule has 0 atom stereocenters. The van der Waals surface area contributed by atoms with E-state index in [1.165, 1.54) is 6.07 Å². The van der Waals surface area contributed by atoms with Gasteiger partial charge in [0.2, 0.25) is 0 Å². The van der Waals surface area contributed by atoms with Crippen molar-refractivity contribution in [3.05, 3.63) is 48.5 Å². The molecule has 20 heavy (non-hydrogen) atoms. The van der Waals surface area contributed by atoms with Gasteiger partial charge in [-0.2, -0.15) is 0 Å². The Bertz CT molecular complexity index is 594. The van der Waals surface area contributed by atoms with E-state index < -0.39 is 0 Å². The molecule has 1 saturated heterocycles. The molecule has 2 aromatic rings. The summed E-state index contributed by atoms with van der Waals surface area (Å²) in [6, 6.07) is 8.84. The van der Waals surface area contributed by atoms with E-state index in [0.29, 0.717) is 11.4 Å². The molecule has 1 aliphatic rings. The molecule has 0 unspecified atom stereocenters. The van der Waals surface area contributed by atoms with Crippen LogP contribution in [-0.2, 0) is 0 Å². The van der Waals surface area contributed by atoms with E-state index in [0.717, 1.165) is 31.9 Å². The van der Waals surface area contributed by atoms with Crippen molar-refractivity contribution in [2.45, 2.75) is 0 Å². The summed E-state index contributed by atoms with van der Waals surface area (Å²) in [6.45, 7) is 3.24. The lowest BCUT2D eigenvalue weighted by Gasteiger charge is -2.37. The molecule has 0 bridgehead atoms. The Balaban J connectivity index is 1.70. The first-order chi connectivity index (χ1) is 9.74. The van der Waals surface area contributed by atoms with Gasteiger partial charge >= 0.3 is 0 Å². The summed E-state index contributed by atoms with van der Waals surface area (Å²) in [5, 5.41) is 0. The van der Waals surface area contributed by atoms with Crippen LogP contribution in [0.25, 0.3) is 0 Å². The number of nitrogens with two attached hydrogens (primary N) is 1. The highest BCUT2D eigenvalue weighted by molar-refractivity contribution is 5.55. The number of aromatic nitrogens is 1. The summed E-state index contributed by atoms with van der Waals surface area (Å²) in [4.78, 5) is 8.41. The van der Waals surface area contributed by atoms with Gasteiger partial charge < -0.3 is 15.5 Å². The number of anilines is 3. The Morgan fingerprint density at radius 3 is 2.40 bits per heavy atom. The molecule has 5 heteroatoms. The zero-order chi connectivity index (χ0) is 13.9. The Labute approximate surface area is 117 Å². The number of para-hydroxylation sites is 1. The van der Waals surface area contributed by atoms with Gasteiger partial charge in [-0.25, -0.2) is 4.39 Å². The van der Waals surface area contributed by atoms with Crippen LogP contribution < -0.4 is 15.5 Å². The van der Waals surface area contributed by atoms with Crippen LogP contribution in [-0.4, -0.2) is 31.2 Å². The number of nitrogen functional groups attached to an aromatic ring is 1. The van der Waals surface area contributed by atoms with Gasteiger partial charge in [0.1, 0.15) is 5.82 Å². The Morgan fingerprint density at radius 2 is 1.70 bits per heavy atom. The van der Waals surface area contributed by atoms with Gasteiger partial charge in [0, 0.05) is 32.4 Å². The highest BCUT2D eigenvalue weighted by Crippen LogP contribution is 2.23. The average Bonchev–Trinajstić information content (AvgIpc) is 2.48. The zero-order valence-electron chi connectivity index (χ0n) is 11.2. The first kappa shape index (κ1) is 12.7. The van der Waals surface area contributed by atoms with Crippen molar-refractivity contribution < 1.29 is 4.39 Å². The first-order valence-corrected chi connectivity index (χ1v) is 6.69. The number of benzene rings is 1. The normalized spacial score (nSPS) is 15.4. The fraction of sp³-hybridized carbons (Fsp3) is 0.267. The molecule has 1 fully saturated rings.